The summed E-state index contributed by atoms with van der Waals surface area (Å²) in [6.07, 6.45) is -3.27. The van der Waals surface area contributed by atoms with Crippen molar-refractivity contribution < 1.29 is 13.2 Å². The van der Waals surface area contributed by atoms with Gasteiger partial charge >= 0.3 is 6.18 Å². The molecular weight excluding hydrogens is 311 g/mol. The van der Waals surface area contributed by atoms with E-state index < -0.39 is 17.2 Å². The van der Waals surface area contributed by atoms with Crippen LogP contribution < -0.4 is 11.3 Å². The number of nitrogens with one attached hydrogen (secondary N) is 1. The third-order valence-corrected chi connectivity index (χ3v) is 4.48. The molecular formula is C10H12F3N5S2. The number of nitrogens with zero attached hydrogens (tertiary/aromatic N) is 3. The maximum atomic E-state index is 12.6. The molecule has 1 atom stereocenters. The second-order valence-corrected chi connectivity index (χ2v) is 6.19. The van der Waals surface area contributed by atoms with Gasteiger partial charge in [-0.15, -0.1) is 16.4 Å². The molecule has 0 saturated carbocycles. The van der Waals surface area contributed by atoms with E-state index in [2.05, 4.69) is 20.0 Å². The monoisotopic (exact) mass is 323 g/mol. The minimum Gasteiger partial charge on any atom is -0.271 e. The summed E-state index contributed by atoms with van der Waals surface area (Å²) < 4.78 is 41.6. The molecule has 110 valence electrons. The average Bonchev–Trinajstić information content (AvgIpc) is 2.97. The summed E-state index contributed by atoms with van der Waals surface area (Å²) in [6, 6.07) is -0.582. The molecule has 2 rings (SSSR count). The van der Waals surface area contributed by atoms with E-state index in [4.69, 9.17) is 5.84 Å². The van der Waals surface area contributed by atoms with Crippen molar-refractivity contribution in [2.45, 2.75) is 32.0 Å². The Bertz CT molecular complexity index is 577. The number of thiazole rings is 1. The fraction of sp³-hybridized carbons (Fsp3) is 0.500. The Morgan fingerprint density at radius 1 is 1.35 bits per heavy atom. The summed E-state index contributed by atoms with van der Waals surface area (Å²) in [6.45, 7) is 3.86. The minimum atomic E-state index is -4.45. The molecule has 0 amide bonds. The molecule has 1 unspecified atom stereocenters. The summed E-state index contributed by atoms with van der Waals surface area (Å²) in [4.78, 5) is 4.49. The molecule has 0 aromatic carbocycles. The zero-order chi connectivity index (χ0) is 14.9. The molecule has 0 radical (unpaired) electrons. The maximum absolute atomic E-state index is 12.6. The number of rotatable bonds is 4. The maximum Gasteiger partial charge on any atom is 0.443 e. The van der Waals surface area contributed by atoms with Crippen molar-refractivity contribution in [3.8, 4) is 0 Å². The predicted octanol–water partition coefficient (Wildman–Crippen LogP) is 2.69. The van der Waals surface area contributed by atoms with E-state index in [1.807, 2.05) is 13.8 Å². The van der Waals surface area contributed by atoms with Gasteiger partial charge in [-0.1, -0.05) is 18.3 Å². The largest absolute Gasteiger partial charge is 0.443 e. The molecule has 0 aliphatic rings. The molecule has 2 aromatic rings. The Labute approximate surface area is 121 Å². The predicted molar refractivity (Wildman–Crippen MR) is 70.3 cm³/mol. The van der Waals surface area contributed by atoms with Crippen molar-refractivity contribution in [2.24, 2.45) is 5.84 Å². The summed E-state index contributed by atoms with van der Waals surface area (Å²) in [5.74, 6) is 5.59. The molecule has 0 saturated heterocycles. The molecule has 0 fully saturated rings. The van der Waals surface area contributed by atoms with Crippen LogP contribution >= 0.6 is 22.9 Å². The number of nitrogens with two attached hydrogens (primary N) is 1. The highest BCUT2D eigenvalue weighted by Crippen LogP contribution is 2.37. The number of hydrogen-bond donors (Lipinski definition) is 2. The van der Waals surface area contributed by atoms with Crippen LogP contribution in [-0.2, 0) is 6.18 Å². The second-order valence-electron chi connectivity index (χ2n) is 4.34. The van der Waals surface area contributed by atoms with Crippen molar-refractivity contribution in [2.75, 3.05) is 0 Å². The zero-order valence-electron chi connectivity index (χ0n) is 10.6. The SMILES string of the molecule is CC(C)c1nnsc1C(NN)c1cnc(C(F)(F)F)s1. The Morgan fingerprint density at radius 3 is 2.55 bits per heavy atom. The molecule has 2 heterocycles. The van der Waals surface area contributed by atoms with E-state index >= 15 is 0 Å². The Balaban J connectivity index is 2.38. The van der Waals surface area contributed by atoms with Gasteiger partial charge in [-0.2, -0.15) is 13.2 Å². The van der Waals surface area contributed by atoms with Crippen molar-refractivity contribution in [3.63, 3.8) is 0 Å². The van der Waals surface area contributed by atoms with Crippen LogP contribution in [0.4, 0.5) is 13.2 Å². The standard InChI is InChI=1S/C10H12F3N5S2/c1-4(2)6-8(20-18-17-6)7(16-14)5-3-15-9(19-5)10(11,12)13/h3-4,7,16H,14H2,1-2H3. The van der Waals surface area contributed by atoms with Crippen LogP contribution in [0, 0.1) is 0 Å². The first-order valence-corrected chi connectivity index (χ1v) is 7.24. The number of alkyl halides is 3. The highest BCUT2D eigenvalue weighted by Gasteiger charge is 2.36. The molecule has 20 heavy (non-hydrogen) atoms. The van der Waals surface area contributed by atoms with Crippen molar-refractivity contribution in [3.05, 3.63) is 26.7 Å². The summed E-state index contributed by atoms with van der Waals surface area (Å²) in [7, 11) is 0. The minimum absolute atomic E-state index is 0.106. The summed E-state index contributed by atoms with van der Waals surface area (Å²) >= 11 is 1.68. The third kappa shape index (κ3) is 2.97. The van der Waals surface area contributed by atoms with Gasteiger partial charge < -0.3 is 0 Å². The Morgan fingerprint density at radius 2 is 2.05 bits per heavy atom. The lowest BCUT2D eigenvalue weighted by Gasteiger charge is -2.14. The Hall–Kier alpha value is -1.10. The zero-order valence-corrected chi connectivity index (χ0v) is 12.2. The van der Waals surface area contributed by atoms with Gasteiger partial charge in [0.05, 0.1) is 16.6 Å². The topological polar surface area (TPSA) is 76.7 Å². The summed E-state index contributed by atoms with van der Waals surface area (Å²) in [5, 5.41) is 3.11. The van der Waals surface area contributed by atoms with Crippen LogP contribution in [0.2, 0.25) is 0 Å². The van der Waals surface area contributed by atoms with E-state index in [0.29, 0.717) is 21.1 Å². The molecule has 0 aliphatic heterocycles. The van der Waals surface area contributed by atoms with Crippen molar-refractivity contribution >= 4 is 22.9 Å². The molecule has 0 bridgehead atoms. The molecule has 3 N–H and O–H groups in total. The highest BCUT2D eigenvalue weighted by atomic mass is 32.1. The van der Waals surface area contributed by atoms with Crippen molar-refractivity contribution in [1.82, 2.24) is 20.0 Å². The fourth-order valence-electron chi connectivity index (χ4n) is 1.64. The normalized spacial score (nSPS) is 13.9. The Kier molecular flexibility index (Phi) is 4.37. The van der Waals surface area contributed by atoms with Gasteiger partial charge in [-0.3, -0.25) is 5.84 Å². The van der Waals surface area contributed by atoms with E-state index in [9.17, 15) is 13.2 Å². The van der Waals surface area contributed by atoms with Crippen LogP contribution in [0.15, 0.2) is 6.20 Å². The van der Waals surface area contributed by atoms with E-state index in [-0.39, 0.29) is 5.92 Å². The van der Waals surface area contributed by atoms with Crippen LogP contribution in [0.5, 0.6) is 0 Å². The van der Waals surface area contributed by atoms with E-state index in [1.165, 1.54) is 6.20 Å². The lowest BCUT2D eigenvalue weighted by Crippen LogP contribution is -2.28. The van der Waals surface area contributed by atoms with Crippen LogP contribution in [0.25, 0.3) is 0 Å². The third-order valence-electron chi connectivity index (χ3n) is 2.57. The van der Waals surface area contributed by atoms with Crippen LogP contribution in [-0.4, -0.2) is 14.6 Å². The number of hydrogen-bond acceptors (Lipinski definition) is 7. The van der Waals surface area contributed by atoms with Gasteiger partial charge in [0, 0.05) is 11.1 Å². The number of aromatic nitrogens is 3. The van der Waals surface area contributed by atoms with Crippen LogP contribution in [0.1, 0.15) is 46.3 Å². The smallest absolute Gasteiger partial charge is 0.271 e. The first-order valence-electron chi connectivity index (χ1n) is 5.65. The van der Waals surface area contributed by atoms with Gasteiger partial charge in [0.25, 0.3) is 0 Å². The number of halogens is 3. The lowest BCUT2D eigenvalue weighted by molar-refractivity contribution is -0.137. The average molecular weight is 323 g/mol. The van der Waals surface area contributed by atoms with Crippen molar-refractivity contribution in [1.29, 1.82) is 0 Å². The first kappa shape index (κ1) is 15.3. The van der Waals surface area contributed by atoms with Gasteiger partial charge in [0.1, 0.15) is 0 Å². The highest BCUT2D eigenvalue weighted by molar-refractivity contribution is 7.12. The van der Waals surface area contributed by atoms with Gasteiger partial charge in [0.2, 0.25) is 0 Å². The molecule has 0 spiro atoms. The van der Waals surface area contributed by atoms with Gasteiger partial charge in [-0.05, 0) is 17.5 Å². The van der Waals surface area contributed by atoms with E-state index in [0.717, 1.165) is 17.2 Å². The van der Waals surface area contributed by atoms with Gasteiger partial charge in [0.15, 0.2) is 5.01 Å². The van der Waals surface area contributed by atoms with Gasteiger partial charge in [-0.25, -0.2) is 10.4 Å². The molecule has 5 nitrogen and oxygen atoms in total. The second kappa shape index (κ2) is 5.72. The quantitative estimate of drug-likeness (QED) is 0.668. The fourth-order valence-corrected chi connectivity index (χ4v) is 3.46. The number of hydrazine groups is 1. The van der Waals surface area contributed by atoms with Crippen LogP contribution in [0.3, 0.4) is 0 Å². The lowest BCUT2D eigenvalue weighted by atomic mass is 10.1. The first-order chi connectivity index (χ1) is 9.34. The summed E-state index contributed by atoms with van der Waals surface area (Å²) in [5.41, 5.74) is 3.24. The van der Waals surface area contributed by atoms with E-state index in [1.54, 1.807) is 0 Å². The molecule has 0 aliphatic carbocycles. The molecule has 10 heteroatoms. The molecule has 2 aromatic heterocycles.